The van der Waals surface area contributed by atoms with E-state index in [1.807, 2.05) is 63.7 Å². The zero-order valence-corrected chi connectivity index (χ0v) is 13.1. The third-order valence-electron chi connectivity index (χ3n) is 2.54. The Hall–Kier alpha value is -0.460. The van der Waals surface area contributed by atoms with E-state index in [2.05, 4.69) is 0 Å². The third-order valence-corrected chi connectivity index (χ3v) is 3.11. The number of hydrogen-bond acceptors (Lipinski definition) is 3. The molecule has 2 atom stereocenters. The molecule has 5 heteroatoms. The lowest BCUT2D eigenvalue weighted by atomic mass is 10.0. The van der Waals surface area contributed by atoms with Crippen molar-refractivity contribution in [3.63, 3.8) is 0 Å². The van der Waals surface area contributed by atoms with Crippen LogP contribution in [0.15, 0.2) is 11.8 Å². The number of ether oxygens (including phenoxy) is 1. The number of halogens is 1. The molecule has 0 radical (unpaired) electrons. The van der Waals surface area contributed by atoms with E-state index in [1.54, 1.807) is 4.90 Å². The van der Waals surface area contributed by atoms with Gasteiger partial charge in [0.2, 0.25) is 0 Å². The molecule has 0 saturated heterocycles. The van der Waals surface area contributed by atoms with Crippen molar-refractivity contribution in [2.75, 3.05) is 0 Å². The molecule has 17 heavy (non-hydrogen) atoms. The number of carbonyl (C=O) groups is 1. The summed E-state index contributed by atoms with van der Waals surface area (Å²) in [5.74, 6) is 0.922. The smallest absolute Gasteiger partial charge is 0.411 e. The molecule has 0 spiro atoms. The van der Waals surface area contributed by atoms with E-state index in [-0.39, 0.29) is 18.2 Å². The molecule has 0 unspecified atom stereocenters. The highest BCUT2D eigenvalue weighted by Crippen LogP contribution is 2.26. The summed E-state index contributed by atoms with van der Waals surface area (Å²) in [5, 5.41) is 0. The van der Waals surface area contributed by atoms with Crippen molar-refractivity contribution in [3.8, 4) is 0 Å². The normalized spacial score (nSPS) is 25.3. The summed E-state index contributed by atoms with van der Waals surface area (Å²) < 4.78 is 10.6. The van der Waals surface area contributed by atoms with Gasteiger partial charge in [-0.2, -0.15) is 0 Å². The zero-order valence-electron chi connectivity index (χ0n) is 11.0. The summed E-state index contributed by atoms with van der Waals surface area (Å²) in [4.78, 5) is 13.8. The Bertz CT molecular complexity index is 322. The van der Waals surface area contributed by atoms with Gasteiger partial charge in [0.15, 0.2) is 23.0 Å². The van der Waals surface area contributed by atoms with Crippen molar-refractivity contribution in [1.82, 2.24) is 4.90 Å². The van der Waals surface area contributed by atoms with Crippen molar-refractivity contribution in [1.29, 1.82) is 0 Å². The van der Waals surface area contributed by atoms with Gasteiger partial charge in [0.25, 0.3) is 0 Å². The molecular weight excluding hydrogens is 333 g/mol. The van der Waals surface area contributed by atoms with E-state index < -0.39 is 5.60 Å². The van der Waals surface area contributed by atoms with Gasteiger partial charge in [-0.1, -0.05) is 0 Å². The van der Waals surface area contributed by atoms with E-state index in [1.165, 1.54) is 0 Å². The van der Waals surface area contributed by atoms with Gasteiger partial charge in [-0.25, -0.2) is 4.79 Å². The molecule has 0 saturated carbocycles. The lowest BCUT2D eigenvalue weighted by molar-refractivity contribution is 0.0101. The molecule has 1 aliphatic heterocycles. The Morgan fingerprint density at radius 3 is 2.47 bits per heavy atom. The standard InChI is InChI=1S/C12H20INO3/c1-8-6-10(17-13)7-9(2)14(8)11(15)16-12(3,4)5/h6,8-9H,7H2,1-5H3/t8-,9-/m0/s1. The van der Waals surface area contributed by atoms with E-state index in [4.69, 9.17) is 7.80 Å². The first-order chi connectivity index (χ1) is 7.74. The maximum atomic E-state index is 12.1. The minimum Gasteiger partial charge on any atom is -0.444 e. The highest BCUT2D eigenvalue weighted by atomic mass is 127. The molecule has 0 aromatic heterocycles. The van der Waals surface area contributed by atoms with Gasteiger partial charge in [0, 0.05) is 12.5 Å². The van der Waals surface area contributed by atoms with E-state index >= 15 is 0 Å². The Morgan fingerprint density at radius 2 is 2.06 bits per heavy atom. The first kappa shape index (κ1) is 14.6. The molecule has 1 amide bonds. The van der Waals surface area contributed by atoms with Crippen LogP contribution in [-0.2, 0) is 7.80 Å². The fourth-order valence-corrected chi connectivity index (χ4v) is 2.25. The molecule has 0 aliphatic carbocycles. The molecule has 1 rings (SSSR count). The first-order valence-corrected chi connectivity index (χ1v) is 6.63. The van der Waals surface area contributed by atoms with E-state index in [0.29, 0.717) is 0 Å². The SMILES string of the molecule is C[C@H]1C=C(OI)C[C@H](C)N1C(=O)OC(C)(C)C. The minimum atomic E-state index is -0.458. The molecule has 98 valence electrons. The van der Waals surface area contributed by atoms with Crippen LogP contribution in [0.4, 0.5) is 4.79 Å². The Labute approximate surface area is 117 Å². The van der Waals surface area contributed by atoms with Crippen molar-refractivity contribution in [2.45, 2.75) is 58.7 Å². The van der Waals surface area contributed by atoms with E-state index in [9.17, 15) is 4.79 Å². The molecule has 0 N–H and O–H groups in total. The lowest BCUT2D eigenvalue weighted by Crippen LogP contribution is -2.48. The second kappa shape index (κ2) is 5.46. The fraction of sp³-hybridized carbons (Fsp3) is 0.750. The summed E-state index contributed by atoms with van der Waals surface area (Å²) in [6.07, 6.45) is 2.42. The van der Waals surface area contributed by atoms with E-state index in [0.717, 1.165) is 12.2 Å². The van der Waals surface area contributed by atoms with Crippen LogP contribution in [0.5, 0.6) is 0 Å². The van der Waals surface area contributed by atoms with Gasteiger partial charge in [-0.3, -0.25) is 4.90 Å². The van der Waals surface area contributed by atoms with Crippen molar-refractivity contribution in [3.05, 3.63) is 11.8 Å². The number of carbonyl (C=O) groups excluding carboxylic acids is 1. The van der Waals surface area contributed by atoms with Crippen LogP contribution in [0.25, 0.3) is 0 Å². The van der Waals surface area contributed by atoms with Crippen LogP contribution in [0.2, 0.25) is 0 Å². The number of nitrogens with zero attached hydrogens (tertiary/aromatic N) is 1. The van der Waals surface area contributed by atoms with Crippen molar-refractivity contribution in [2.24, 2.45) is 0 Å². The van der Waals surface area contributed by atoms with Gasteiger partial charge in [0.05, 0.1) is 6.04 Å². The second-order valence-corrected chi connectivity index (χ2v) is 5.83. The highest BCUT2D eigenvalue weighted by Gasteiger charge is 2.33. The van der Waals surface area contributed by atoms with Crippen LogP contribution in [0, 0.1) is 0 Å². The van der Waals surface area contributed by atoms with Gasteiger partial charge >= 0.3 is 6.09 Å². The predicted octanol–water partition coefficient (Wildman–Crippen LogP) is 3.65. The highest BCUT2D eigenvalue weighted by molar-refractivity contribution is 14.1. The fourth-order valence-electron chi connectivity index (χ4n) is 1.93. The summed E-state index contributed by atoms with van der Waals surface area (Å²) in [6.45, 7) is 9.59. The van der Waals surface area contributed by atoms with Crippen LogP contribution in [0.3, 0.4) is 0 Å². The van der Waals surface area contributed by atoms with Gasteiger partial charge in [-0.15, -0.1) is 0 Å². The lowest BCUT2D eigenvalue weighted by Gasteiger charge is -2.37. The van der Waals surface area contributed by atoms with Gasteiger partial charge in [-0.05, 0) is 40.7 Å². The van der Waals surface area contributed by atoms with Crippen LogP contribution in [0.1, 0.15) is 41.0 Å². The van der Waals surface area contributed by atoms with Crippen molar-refractivity contribution < 1.29 is 12.6 Å². The van der Waals surface area contributed by atoms with Gasteiger partial charge in [0.1, 0.15) is 11.4 Å². The molecule has 1 aliphatic rings. The largest absolute Gasteiger partial charge is 0.444 e. The molecule has 0 fully saturated rings. The number of hydrogen-bond donors (Lipinski definition) is 0. The number of rotatable bonds is 1. The molecule has 1 heterocycles. The summed E-state index contributed by atoms with van der Waals surface area (Å²) in [7, 11) is 0. The molecule has 0 aromatic rings. The average Bonchev–Trinajstić information content (AvgIpc) is 2.13. The quantitative estimate of drug-likeness (QED) is 0.676. The predicted molar refractivity (Wildman–Crippen MR) is 74.8 cm³/mol. The van der Waals surface area contributed by atoms with Crippen LogP contribution >= 0.6 is 23.0 Å². The molecule has 4 nitrogen and oxygen atoms in total. The number of amides is 1. The second-order valence-electron chi connectivity index (χ2n) is 5.39. The monoisotopic (exact) mass is 353 g/mol. The van der Waals surface area contributed by atoms with Crippen LogP contribution in [-0.4, -0.2) is 28.7 Å². The summed E-state index contributed by atoms with van der Waals surface area (Å²) >= 11 is 1.87. The molecule has 0 aromatic carbocycles. The first-order valence-electron chi connectivity index (χ1n) is 5.75. The Balaban J connectivity index is 2.78. The summed E-state index contributed by atoms with van der Waals surface area (Å²) in [6, 6.07) is 0.0907. The maximum Gasteiger partial charge on any atom is 0.411 e. The maximum absolute atomic E-state index is 12.1. The van der Waals surface area contributed by atoms with Crippen molar-refractivity contribution >= 4 is 29.1 Å². The molecular formula is C12H20INO3. The Morgan fingerprint density at radius 1 is 1.47 bits per heavy atom. The molecule has 0 bridgehead atoms. The summed E-state index contributed by atoms with van der Waals surface area (Å²) in [5.41, 5.74) is -0.458. The van der Waals surface area contributed by atoms with Crippen LogP contribution < -0.4 is 0 Å². The third kappa shape index (κ3) is 4.04. The zero-order chi connectivity index (χ0) is 13.2. The minimum absolute atomic E-state index is 0.00151. The van der Waals surface area contributed by atoms with Gasteiger partial charge < -0.3 is 7.80 Å². The topological polar surface area (TPSA) is 38.8 Å². The Kier molecular flexibility index (Phi) is 4.69. The average molecular weight is 353 g/mol.